The number of hydrogen-bond donors (Lipinski definition) is 1. The molecule has 1 aromatic rings. The largest absolute Gasteiger partial charge is 0.298 e. The highest BCUT2D eigenvalue weighted by molar-refractivity contribution is 6.32. The van der Waals surface area contributed by atoms with E-state index in [9.17, 15) is 0 Å². The Morgan fingerprint density at radius 2 is 2.10 bits per heavy atom. The molecule has 0 amide bonds. The number of benzene rings is 1. The topological polar surface area (TPSA) is 12.0 Å². The van der Waals surface area contributed by atoms with E-state index in [1.165, 1.54) is 0 Å². The molecule has 0 fully saturated rings. The van der Waals surface area contributed by atoms with E-state index in [-0.39, 0.29) is 0 Å². The quantitative estimate of drug-likeness (QED) is 0.647. The maximum Gasteiger partial charge on any atom is 0.0535 e. The van der Waals surface area contributed by atoms with Crippen molar-refractivity contribution in [2.75, 3.05) is 4.84 Å². The summed E-state index contributed by atoms with van der Waals surface area (Å²) in [6.07, 6.45) is 0. The Hall–Kier alpha value is -0.400. The Labute approximate surface area is 70.1 Å². The lowest BCUT2D eigenvalue weighted by atomic mass is 10.2. The van der Waals surface area contributed by atoms with Crippen LogP contribution in [0.2, 0.25) is 5.02 Å². The van der Waals surface area contributed by atoms with Crippen molar-refractivity contribution in [3.8, 4) is 0 Å². The molecule has 0 radical (unpaired) electrons. The van der Waals surface area contributed by atoms with Crippen molar-refractivity contribution in [1.29, 1.82) is 0 Å². The maximum atomic E-state index is 5.79. The molecule has 0 bridgehead atoms. The second-order valence-corrected chi connectivity index (χ2v) is 2.60. The second-order valence-electron chi connectivity index (χ2n) is 2.01. The lowest BCUT2D eigenvalue weighted by Crippen LogP contribution is -1.84. The van der Waals surface area contributed by atoms with Crippen LogP contribution < -0.4 is 4.84 Å². The minimum Gasteiger partial charge on any atom is -0.298 e. The molecule has 0 aliphatic heterocycles. The van der Waals surface area contributed by atoms with Crippen molar-refractivity contribution in [2.24, 2.45) is 0 Å². The fraction of sp³-hybridized carbons (Fsp3) is 0.143. The number of halogens is 2. The molecule has 0 aliphatic rings. The molecule has 0 spiro atoms. The van der Waals surface area contributed by atoms with Crippen molar-refractivity contribution in [3.05, 3.63) is 28.8 Å². The normalized spacial score (nSPS) is 9.50. The summed E-state index contributed by atoms with van der Waals surface area (Å²) < 4.78 is 0. The molecule has 1 nitrogen and oxygen atoms in total. The van der Waals surface area contributed by atoms with Crippen LogP contribution in [0, 0.1) is 6.92 Å². The van der Waals surface area contributed by atoms with Gasteiger partial charge in [0.1, 0.15) is 0 Å². The summed E-state index contributed by atoms with van der Waals surface area (Å²) in [7, 11) is 0. The molecule has 1 N–H and O–H groups in total. The predicted molar refractivity (Wildman–Crippen MR) is 45.7 cm³/mol. The molecule has 3 heteroatoms. The van der Waals surface area contributed by atoms with Gasteiger partial charge in [-0.05, 0) is 24.6 Å². The van der Waals surface area contributed by atoms with Crippen molar-refractivity contribution in [1.82, 2.24) is 0 Å². The molecule has 0 aliphatic carbocycles. The summed E-state index contributed by atoms with van der Waals surface area (Å²) in [4.78, 5) is 2.52. The number of nitrogens with one attached hydrogen (secondary N) is 1. The first-order chi connectivity index (χ1) is 4.75. The van der Waals surface area contributed by atoms with Gasteiger partial charge in [-0.15, -0.1) is 0 Å². The molecule has 0 aromatic heterocycles. The fourth-order valence-electron chi connectivity index (χ4n) is 0.710. The van der Waals surface area contributed by atoms with Gasteiger partial charge in [-0.2, -0.15) is 0 Å². The lowest BCUT2D eigenvalue weighted by molar-refractivity contribution is 1.47. The molecule has 0 heterocycles. The Kier molecular flexibility index (Phi) is 2.41. The minimum absolute atomic E-state index is 0.727. The fourth-order valence-corrected chi connectivity index (χ4v) is 1.09. The van der Waals surface area contributed by atoms with Gasteiger partial charge >= 0.3 is 0 Å². The van der Waals surface area contributed by atoms with Gasteiger partial charge < -0.3 is 0 Å². The Balaban J connectivity index is 3.14. The molecule has 10 heavy (non-hydrogen) atoms. The van der Waals surface area contributed by atoms with Crippen LogP contribution in [0.1, 0.15) is 5.56 Å². The first kappa shape index (κ1) is 7.70. The Bertz CT molecular complexity index is 235. The molecule has 0 saturated heterocycles. The molecule has 1 aromatic carbocycles. The van der Waals surface area contributed by atoms with Crippen LogP contribution in [0.15, 0.2) is 18.2 Å². The summed E-state index contributed by atoms with van der Waals surface area (Å²) in [6.45, 7) is 1.91. The van der Waals surface area contributed by atoms with Crippen LogP contribution in [0.5, 0.6) is 0 Å². The van der Waals surface area contributed by atoms with E-state index in [0.717, 1.165) is 16.3 Å². The van der Waals surface area contributed by atoms with E-state index in [2.05, 4.69) is 4.84 Å². The lowest BCUT2D eigenvalue weighted by Gasteiger charge is -2.02. The zero-order valence-electron chi connectivity index (χ0n) is 5.49. The molecular formula is C7H7Cl2N. The molecule has 54 valence electrons. The summed E-state index contributed by atoms with van der Waals surface area (Å²) in [5.41, 5.74) is 1.83. The number of hydrogen-bond acceptors (Lipinski definition) is 1. The van der Waals surface area contributed by atoms with Crippen LogP contribution in [-0.4, -0.2) is 0 Å². The van der Waals surface area contributed by atoms with Gasteiger partial charge in [-0.3, -0.25) is 4.84 Å². The van der Waals surface area contributed by atoms with Gasteiger partial charge in [0.05, 0.1) is 5.69 Å². The molecule has 1 rings (SSSR count). The highest BCUT2D eigenvalue weighted by Crippen LogP contribution is 2.22. The molecule has 0 atom stereocenters. The highest BCUT2D eigenvalue weighted by atomic mass is 35.5. The van der Waals surface area contributed by atoms with E-state index in [4.69, 9.17) is 23.4 Å². The first-order valence-corrected chi connectivity index (χ1v) is 3.63. The van der Waals surface area contributed by atoms with Crippen LogP contribution in [-0.2, 0) is 0 Å². The summed E-state index contributed by atoms with van der Waals surface area (Å²) >= 11 is 11.2. The van der Waals surface area contributed by atoms with E-state index in [0.29, 0.717) is 0 Å². The third kappa shape index (κ3) is 1.36. The van der Waals surface area contributed by atoms with Crippen LogP contribution >= 0.6 is 23.4 Å². The molecular weight excluding hydrogens is 169 g/mol. The van der Waals surface area contributed by atoms with Gasteiger partial charge in [0.2, 0.25) is 0 Å². The zero-order valence-corrected chi connectivity index (χ0v) is 7.00. The predicted octanol–water partition coefficient (Wildman–Crippen LogP) is 3.21. The third-order valence-electron chi connectivity index (χ3n) is 1.37. The first-order valence-electron chi connectivity index (χ1n) is 2.87. The summed E-state index contributed by atoms with van der Waals surface area (Å²) in [5, 5.41) is 0.727. The Morgan fingerprint density at radius 1 is 1.40 bits per heavy atom. The SMILES string of the molecule is Cc1c(Cl)cccc1NCl. The average Bonchev–Trinajstić information content (AvgIpc) is 1.95. The third-order valence-corrected chi connectivity index (χ3v) is 1.98. The van der Waals surface area contributed by atoms with Crippen molar-refractivity contribution < 1.29 is 0 Å². The highest BCUT2D eigenvalue weighted by Gasteiger charge is 1.98. The maximum absolute atomic E-state index is 5.79. The Morgan fingerprint density at radius 3 is 2.60 bits per heavy atom. The van der Waals surface area contributed by atoms with Crippen LogP contribution in [0.3, 0.4) is 0 Å². The van der Waals surface area contributed by atoms with Gasteiger partial charge in [-0.25, -0.2) is 0 Å². The minimum atomic E-state index is 0.727. The van der Waals surface area contributed by atoms with Crippen molar-refractivity contribution in [3.63, 3.8) is 0 Å². The summed E-state index contributed by atoms with van der Waals surface area (Å²) in [5.74, 6) is 0. The monoisotopic (exact) mass is 175 g/mol. The number of rotatable bonds is 1. The van der Waals surface area contributed by atoms with Gasteiger partial charge in [0, 0.05) is 16.8 Å². The summed E-state index contributed by atoms with van der Waals surface area (Å²) in [6, 6.07) is 5.54. The van der Waals surface area contributed by atoms with E-state index in [1.54, 1.807) is 0 Å². The van der Waals surface area contributed by atoms with Gasteiger partial charge in [0.15, 0.2) is 0 Å². The van der Waals surface area contributed by atoms with E-state index in [1.807, 2.05) is 25.1 Å². The number of anilines is 1. The van der Waals surface area contributed by atoms with Crippen LogP contribution in [0.25, 0.3) is 0 Å². The van der Waals surface area contributed by atoms with Crippen molar-refractivity contribution >= 4 is 29.1 Å². The molecule has 0 unspecified atom stereocenters. The van der Waals surface area contributed by atoms with Gasteiger partial charge in [-0.1, -0.05) is 17.7 Å². The second kappa shape index (κ2) is 3.13. The van der Waals surface area contributed by atoms with Crippen LogP contribution in [0.4, 0.5) is 5.69 Å². The zero-order chi connectivity index (χ0) is 7.56. The standard InChI is InChI=1S/C7H7Cl2N/c1-5-6(8)3-2-4-7(5)10-9/h2-4,10H,1H3. The average molecular weight is 176 g/mol. The molecule has 0 saturated carbocycles. The van der Waals surface area contributed by atoms with Crippen molar-refractivity contribution in [2.45, 2.75) is 6.92 Å². The van der Waals surface area contributed by atoms with E-state index >= 15 is 0 Å². The smallest absolute Gasteiger partial charge is 0.0535 e. The van der Waals surface area contributed by atoms with E-state index < -0.39 is 0 Å². The van der Waals surface area contributed by atoms with Gasteiger partial charge in [0.25, 0.3) is 0 Å².